The molecule has 1 aromatic rings. The summed E-state index contributed by atoms with van der Waals surface area (Å²) in [5, 5.41) is 0.807. The molecule has 2 fully saturated rings. The van der Waals surface area contributed by atoms with E-state index < -0.39 is 0 Å². The summed E-state index contributed by atoms with van der Waals surface area (Å²) in [4.78, 5) is 5.12. The first-order valence-corrected chi connectivity index (χ1v) is 8.57. The standard InChI is InChI=1S/C17H26ClN3/c18-15-4-6-16(7-5-15)20-10-12-21(13-11-20)17(14-19)8-2-1-3-9-17/h4-7H,1-3,8-14,19H2. The molecule has 4 heteroatoms. The molecule has 3 nitrogen and oxygen atoms in total. The highest BCUT2D eigenvalue weighted by molar-refractivity contribution is 6.30. The molecule has 0 radical (unpaired) electrons. The molecule has 0 atom stereocenters. The lowest BCUT2D eigenvalue weighted by atomic mass is 9.80. The van der Waals surface area contributed by atoms with Crippen molar-refractivity contribution in [2.24, 2.45) is 5.73 Å². The van der Waals surface area contributed by atoms with Gasteiger partial charge in [-0.2, -0.15) is 0 Å². The van der Waals surface area contributed by atoms with Gasteiger partial charge in [0.1, 0.15) is 0 Å². The molecule has 0 unspecified atom stereocenters. The van der Waals surface area contributed by atoms with Gasteiger partial charge in [0.05, 0.1) is 0 Å². The van der Waals surface area contributed by atoms with Crippen LogP contribution in [0, 0.1) is 0 Å². The van der Waals surface area contributed by atoms with Crippen LogP contribution in [-0.2, 0) is 0 Å². The zero-order valence-corrected chi connectivity index (χ0v) is 13.5. The van der Waals surface area contributed by atoms with Gasteiger partial charge in [0, 0.05) is 49.0 Å². The number of piperazine rings is 1. The Bertz CT molecular complexity index is 446. The molecule has 0 spiro atoms. The number of nitrogens with two attached hydrogens (primary N) is 1. The minimum Gasteiger partial charge on any atom is -0.369 e. The Kier molecular flexibility index (Phi) is 4.72. The molecule has 1 saturated carbocycles. The maximum Gasteiger partial charge on any atom is 0.0407 e. The van der Waals surface area contributed by atoms with Crippen LogP contribution in [0.5, 0.6) is 0 Å². The molecule has 1 saturated heterocycles. The molecule has 0 aromatic heterocycles. The number of anilines is 1. The summed E-state index contributed by atoms with van der Waals surface area (Å²) in [6.45, 7) is 5.24. The van der Waals surface area contributed by atoms with Crippen LogP contribution in [0.25, 0.3) is 0 Å². The number of benzene rings is 1. The SMILES string of the molecule is NCC1(N2CCN(c3ccc(Cl)cc3)CC2)CCCCC1. The molecule has 1 aliphatic heterocycles. The molecule has 3 rings (SSSR count). The van der Waals surface area contributed by atoms with Crippen LogP contribution in [0.4, 0.5) is 5.69 Å². The van der Waals surface area contributed by atoms with E-state index in [1.165, 1.54) is 37.8 Å². The first kappa shape index (κ1) is 15.1. The molecule has 0 amide bonds. The van der Waals surface area contributed by atoms with Crippen LogP contribution < -0.4 is 10.6 Å². The van der Waals surface area contributed by atoms with Gasteiger partial charge in [-0.25, -0.2) is 0 Å². The van der Waals surface area contributed by atoms with E-state index in [-0.39, 0.29) is 5.54 Å². The van der Waals surface area contributed by atoms with Crippen LogP contribution in [0.1, 0.15) is 32.1 Å². The summed E-state index contributed by atoms with van der Waals surface area (Å²) in [6.07, 6.45) is 6.63. The first-order chi connectivity index (χ1) is 10.2. The topological polar surface area (TPSA) is 32.5 Å². The average molecular weight is 308 g/mol. The third-order valence-corrected chi connectivity index (χ3v) is 5.56. The second-order valence-corrected chi connectivity index (χ2v) is 6.88. The summed E-state index contributed by atoms with van der Waals surface area (Å²) >= 11 is 5.97. The Morgan fingerprint density at radius 3 is 2.14 bits per heavy atom. The Hall–Kier alpha value is -0.770. The molecule has 0 bridgehead atoms. The van der Waals surface area contributed by atoms with E-state index in [0.717, 1.165) is 37.7 Å². The summed E-state index contributed by atoms with van der Waals surface area (Å²) < 4.78 is 0. The van der Waals surface area contributed by atoms with Crippen LogP contribution in [0.15, 0.2) is 24.3 Å². The Labute approximate surface area is 133 Å². The lowest BCUT2D eigenvalue weighted by Crippen LogP contribution is -2.61. The molecule has 1 aliphatic carbocycles. The quantitative estimate of drug-likeness (QED) is 0.931. The maximum absolute atomic E-state index is 6.16. The molecule has 21 heavy (non-hydrogen) atoms. The minimum absolute atomic E-state index is 0.282. The van der Waals surface area contributed by atoms with E-state index in [4.69, 9.17) is 17.3 Å². The summed E-state index contributed by atoms with van der Waals surface area (Å²) in [6, 6.07) is 8.20. The summed E-state index contributed by atoms with van der Waals surface area (Å²) in [5.74, 6) is 0. The predicted octanol–water partition coefficient (Wildman–Crippen LogP) is 3.12. The van der Waals surface area contributed by atoms with Gasteiger partial charge < -0.3 is 10.6 Å². The number of hydrogen-bond donors (Lipinski definition) is 1. The highest BCUT2D eigenvalue weighted by Gasteiger charge is 2.38. The largest absolute Gasteiger partial charge is 0.369 e. The number of rotatable bonds is 3. The Balaban J connectivity index is 1.63. The van der Waals surface area contributed by atoms with Crippen molar-refractivity contribution < 1.29 is 0 Å². The van der Waals surface area contributed by atoms with Crippen LogP contribution >= 0.6 is 11.6 Å². The molecule has 1 aromatic carbocycles. The van der Waals surface area contributed by atoms with E-state index in [9.17, 15) is 0 Å². The van der Waals surface area contributed by atoms with Crippen molar-refractivity contribution in [3.05, 3.63) is 29.3 Å². The maximum atomic E-state index is 6.16. The number of halogens is 1. The first-order valence-electron chi connectivity index (χ1n) is 8.19. The molecule has 1 heterocycles. The van der Waals surface area contributed by atoms with Crippen molar-refractivity contribution in [1.82, 2.24) is 4.90 Å². The van der Waals surface area contributed by atoms with Gasteiger partial charge in [-0.15, -0.1) is 0 Å². The fourth-order valence-corrected chi connectivity index (χ4v) is 4.08. The van der Waals surface area contributed by atoms with Crippen molar-refractivity contribution >= 4 is 17.3 Å². The lowest BCUT2D eigenvalue weighted by Gasteiger charge is -2.49. The van der Waals surface area contributed by atoms with Gasteiger partial charge in [0.25, 0.3) is 0 Å². The monoisotopic (exact) mass is 307 g/mol. The van der Waals surface area contributed by atoms with Crippen molar-refractivity contribution in [2.75, 3.05) is 37.6 Å². The third kappa shape index (κ3) is 3.20. The predicted molar refractivity (Wildman–Crippen MR) is 90.1 cm³/mol. The normalized spacial score (nSPS) is 23.2. The van der Waals surface area contributed by atoms with Gasteiger partial charge in [-0.3, -0.25) is 4.90 Å². The smallest absolute Gasteiger partial charge is 0.0407 e. The zero-order valence-electron chi connectivity index (χ0n) is 12.7. The lowest BCUT2D eigenvalue weighted by molar-refractivity contribution is 0.0519. The van der Waals surface area contributed by atoms with E-state index in [2.05, 4.69) is 21.9 Å². The Morgan fingerprint density at radius 2 is 1.57 bits per heavy atom. The van der Waals surface area contributed by atoms with Crippen LogP contribution in [0.2, 0.25) is 5.02 Å². The minimum atomic E-state index is 0.282. The van der Waals surface area contributed by atoms with Crippen LogP contribution in [-0.4, -0.2) is 43.2 Å². The average Bonchev–Trinajstić information content (AvgIpc) is 2.56. The fraction of sp³-hybridized carbons (Fsp3) is 0.647. The summed E-state index contributed by atoms with van der Waals surface area (Å²) in [7, 11) is 0. The van der Waals surface area contributed by atoms with E-state index in [0.29, 0.717) is 0 Å². The number of hydrogen-bond acceptors (Lipinski definition) is 3. The van der Waals surface area contributed by atoms with E-state index in [1.807, 2.05) is 12.1 Å². The molecular formula is C17H26ClN3. The van der Waals surface area contributed by atoms with Crippen molar-refractivity contribution in [3.63, 3.8) is 0 Å². The van der Waals surface area contributed by atoms with Crippen molar-refractivity contribution in [2.45, 2.75) is 37.6 Å². The highest BCUT2D eigenvalue weighted by Crippen LogP contribution is 2.34. The Morgan fingerprint density at radius 1 is 0.952 bits per heavy atom. The second-order valence-electron chi connectivity index (χ2n) is 6.44. The van der Waals surface area contributed by atoms with E-state index >= 15 is 0 Å². The number of nitrogens with zero attached hydrogens (tertiary/aromatic N) is 2. The molecule has 2 aliphatic rings. The third-order valence-electron chi connectivity index (χ3n) is 5.31. The van der Waals surface area contributed by atoms with Gasteiger partial charge in [0.15, 0.2) is 0 Å². The van der Waals surface area contributed by atoms with Gasteiger partial charge in [-0.05, 0) is 37.1 Å². The molecule has 2 N–H and O–H groups in total. The van der Waals surface area contributed by atoms with Gasteiger partial charge in [0.2, 0.25) is 0 Å². The van der Waals surface area contributed by atoms with Crippen molar-refractivity contribution in [3.8, 4) is 0 Å². The van der Waals surface area contributed by atoms with Gasteiger partial charge >= 0.3 is 0 Å². The fourth-order valence-electron chi connectivity index (χ4n) is 3.95. The molecule has 116 valence electrons. The van der Waals surface area contributed by atoms with E-state index in [1.54, 1.807) is 0 Å². The molecular weight excluding hydrogens is 282 g/mol. The van der Waals surface area contributed by atoms with Crippen molar-refractivity contribution in [1.29, 1.82) is 0 Å². The zero-order chi connectivity index (χ0) is 14.7. The summed E-state index contributed by atoms with van der Waals surface area (Å²) in [5.41, 5.74) is 7.73. The second kappa shape index (κ2) is 6.55. The highest BCUT2D eigenvalue weighted by atomic mass is 35.5. The van der Waals surface area contributed by atoms with Crippen LogP contribution in [0.3, 0.4) is 0 Å². The van der Waals surface area contributed by atoms with Gasteiger partial charge in [-0.1, -0.05) is 30.9 Å².